The second kappa shape index (κ2) is 4.91. The summed E-state index contributed by atoms with van der Waals surface area (Å²) in [6.07, 6.45) is 4.68. The first kappa shape index (κ1) is 11.5. The molecule has 0 saturated heterocycles. The van der Waals surface area contributed by atoms with Crippen molar-refractivity contribution >= 4 is 0 Å². The van der Waals surface area contributed by atoms with Crippen LogP contribution in [0.1, 0.15) is 13.3 Å². The third kappa shape index (κ3) is 2.25. The number of phenols is 1. The Labute approximate surface area is 100 Å². The minimum atomic E-state index is 0.217. The van der Waals surface area contributed by atoms with Gasteiger partial charge in [-0.25, -0.2) is 4.98 Å². The van der Waals surface area contributed by atoms with E-state index in [9.17, 15) is 5.11 Å². The van der Waals surface area contributed by atoms with Gasteiger partial charge in [-0.3, -0.25) is 0 Å². The molecule has 0 atom stereocenters. The number of benzene rings is 1. The van der Waals surface area contributed by atoms with Crippen LogP contribution >= 0.6 is 0 Å². The average Bonchev–Trinajstić information content (AvgIpc) is 2.78. The highest BCUT2D eigenvalue weighted by Gasteiger charge is 2.11. The summed E-state index contributed by atoms with van der Waals surface area (Å²) in [7, 11) is 1.61. The largest absolute Gasteiger partial charge is 0.507 e. The first-order valence-corrected chi connectivity index (χ1v) is 5.64. The number of rotatable bonds is 4. The van der Waals surface area contributed by atoms with E-state index in [0.717, 1.165) is 18.8 Å². The smallest absolute Gasteiger partial charge is 0.143 e. The first-order chi connectivity index (χ1) is 8.26. The molecule has 0 bridgehead atoms. The Morgan fingerprint density at radius 2 is 2.24 bits per heavy atom. The minimum absolute atomic E-state index is 0.217. The molecule has 1 aromatic heterocycles. The average molecular weight is 232 g/mol. The van der Waals surface area contributed by atoms with Crippen molar-refractivity contribution in [2.45, 2.75) is 19.9 Å². The summed E-state index contributed by atoms with van der Waals surface area (Å²) < 4.78 is 7.18. The molecule has 0 unspecified atom stereocenters. The van der Waals surface area contributed by atoms with Gasteiger partial charge in [0.25, 0.3) is 0 Å². The lowest BCUT2D eigenvalue weighted by atomic mass is 10.1. The van der Waals surface area contributed by atoms with E-state index < -0.39 is 0 Å². The first-order valence-electron chi connectivity index (χ1n) is 5.64. The van der Waals surface area contributed by atoms with Crippen molar-refractivity contribution in [1.29, 1.82) is 0 Å². The summed E-state index contributed by atoms with van der Waals surface area (Å²) in [4.78, 5) is 4.29. The molecule has 0 spiro atoms. The monoisotopic (exact) mass is 232 g/mol. The fourth-order valence-corrected chi connectivity index (χ4v) is 1.80. The zero-order chi connectivity index (χ0) is 12.3. The van der Waals surface area contributed by atoms with Gasteiger partial charge < -0.3 is 14.4 Å². The van der Waals surface area contributed by atoms with Gasteiger partial charge in [0.05, 0.1) is 12.7 Å². The summed E-state index contributed by atoms with van der Waals surface area (Å²) in [6.45, 7) is 2.99. The number of methoxy groups -OCH3 is 1. The highest BCUT2D eigenvalue weighted by Crippen LogP contribution is 2.31. The number of imidazole rings is 1. The zero-order valence-corrected chi connectivity index (χ0v) is 10.1. The standard InChI is InChI=1S/C13H16N2O2/c1-3-7-15-8-6-14-13(15)11-9-10(17-2)4-5-12(11)16/h4-6,8-9,16H,3,7H2,1-2H3. The summed E-state index contributed by atoms with van der Waals surface area (Å²) in [5.41, 5.74) is 0.697. The van der Waals surface area contributed by atoms with E-state index in [2.05, 4.69) is 11.9 Å². The van der Waals surface area contributed by atoms with Crippen LogP contribution in [0, 0.1) is 0 Å². The van der Waals surface area contributed by atoms with Crippen molar-refractivity contribution in [3.8, 4) is 22.9 Å². The molecule has 1 aromatic carbocycles. The molecule has 0 amide bonds. The van der Waals surface area contributed by atoms with E-state index >= 15 is 0 Å². The number of hydrogen-bond acceptors (Lipinski definition) is 3. The molecule has 2 rings (SSSR count). The SMILES string of the molecule is CCCn1ccnc1-c1cc(OC)ccc1O. The lowest BCUT2D eigenvalue weighted by molar-refractivity contribution is 0.412. The molecule has 4 nitrogen and oxygen atoms in total. The molecule has 4 heteroatoms. The Morgan fingerprint density at radius 3 is 2.94 bits per heavy atom. The lowest BCUT2D eigenvalue weighted by Crippen LogP contribution is -1.98. The second-order valence-corrected chi connectivity index (χ2v) is 3.83. The summed E-state index contributed by atoms with van der Waals surface area (Å²) in [5.74, 6) is 1.70. The molecule has 0 saturated carbocycles. The third-order valence-electron chi connectivity index (χ3n) is 2.62. The van der Waals surface area contributed by atoms with E-state index in [0.29, 0.717) is 11.3 Å². The van der Waals surface area contributed by atoms with E-state index in [4.69, 9.17) is 4.74 Å². The van der Waals surface area contributed by atoms with Gasteiger partial charge in [0.15, 0.2) is 0 Å². The van der Waals surface area contributed by atoms with Crippen LogP contribution in [0.2, 0.25) is 0 Å². The number of hydrogen-bond donors (Lipinski definition) is 1. The van der Waals surface area contributed by atoms with Gasteiger partial charge in [0, 0.05) is 18.9 Å². The fraction of sp³-hybridized carbons (Fsp3) is 0.308. The van der Waals surface area contributed by atoms with Crippen LogP contribution in [-0.4, -0.2) is 21.8 Å². The summed E-state index contributed by atoms with van der Waals surface area (Å²) in [6, 6.07) is 5.15. The molecule has 0 fully saturated rings. The molecular weight excluding hydrogens is 216 g/mol. The topological polar surface area (TPSA) is 47.3 Å². The van der Waals surface area contributed by atoms with Gasteiger partial charge in [-0.2, -0.15) is 0 Å². The third-order valence-corrected chi connectivity index (χ3v) is 2.62. The van der Waals surface area contributed by atoms with Crippen molar-refractivity contribution in [1.82, 2.24) is 9.55 Å². The quantitative estimate of drug-likeness (QED) is 0.881. The van der Waals surface area contributed by atoms with E-state index in [1.54, 1.807) is 31.5 Å². The normalized spacial score (nSPS) is 10.5. The van der Waals surface area contributed by atoms with Crippen molar-refractivity contribution in [3.05, 3.63) is 30.6 Å². The number of aromatic hydroxyl groups is 1. The summed E-state index contributed by atoms with van der Waals surface area (Å²) in [5, 5.41) is 9.89. The maximum Gasteiger partial charge on any atom is 0.143 e. The maximum atomic E-state index is 9.89. The Kier molecular flexibility index (Phi) is 3.32. The fourth-order valence-electron chi connectivity index (χ4n) is 1.80. The van der Waals surface area contributed by atoms with Crippen LogP contribution in [0.5, 0.6) is 11.5 Å². The highest BCUT2D eigenvalue weighted by molar-refractivity contribution is 5.66. The number of aromatic nitrogens is 2. The van der Waals surface area contributed by atoms with Crippen LogP contribution in [-0.2, 0) is 6.54 Å². The van der Waals surface area contributed by atoms with Crippen LogP contribution in [0.4, 0.5) is 0 Å². The van der Waals surface area contributed by atoms with Gasteiger partial charge in [-0.15, -0.1) is 0 Å². The van der Waals surface area contributed by atoms with Crippen molar-refractivity contribution < 1.29 is 9.84 Å². The van der Waals surface area contributed by atoms with Crippen LogP contribution in [0.25, 0.3) is 11.4 Å². The lowest BCUT2D eigenvalue weighted by Gasteiger charge is -2.09. The van der Waals surface area contributed by atoms with Gasteiger partial charge in [-0.05, 0) is 24.6 Å². The maximum absolute atomic E-state index is 9.89. The van der Waals surface area contributed by atoms with Crippen molar-refractivity contribution in [2.24, 2.45) is 0 Å². The Morgan fingerprint density at radius 1 is 1.41 bits per heavy atom. The van der Waals surface area contributed by atoms with Gasteiger partial charge >= 0.3 is 0 Å². The molecule has 0 radical (unpaired) electrons. The van der Waals surface area contributed by atoms with E-state index in [1.807, 2.05) is 10.8 Å². The van der Waals surface area contributed by atoms with Gasteiger partial charge in [0.2, 0.25) is 0 Å². The molecule has 1 heterocycles. The van der Waals surface area contributed by atoms with E-state index in [1.165, 1.54) is 0 Å². The molecule has 0 aliphatic rings. The van der Waals surface area contributed by atoms with Gasteiger partial charge in [0.1, 0.15) is 17.3 Å². The molecule has 17 heavy (non-hydrogen) atoms. The van der Waals surface area contributed by atoms with Crippen molar-refractivity contribution in [3.63, 3.8) is 0 Å². The molecule has 1 N–H and O–H groups in total. The molecular formula is C13H16N2O2. The van der Waals surface area contributed by atoms with Gasteiger partial charge in [-0.1, -0.05) is 6.92 Å². The van der Waals surface area contributed by atoms with Crippen LogP contribution < -0.4 is 4.74 Å². The Bertz CT molecular complexity index is 506. The Balaban J connectivity index is 2.47. The number of aryl methyl sites for hydroxylation is 1. The molecule has 0 aliphatic heterocycles. The number of ether oxygens (including phenoxy) is 1. The summed E-state index contributed by atoms with van der Waals surface area (Å²) >= 11 is 0. The number of nitrogens with zero attached hydrogens (tertiary/aromatic N) is 2. The second-order valence-electron chi connectivity index (χ2n) is 3.83. The van der Waals surface area contributed by atoms with E-state index in [-0.39, 0.29) is 5.75 Å². The Hall–Kier alpha value is -1.97. The zero-order valence-electron chi connectivity index (χ0n) is 10.1. The molecule has 2 aromatic rings. The molecule has 90 valence electrons. The van der Waals surface area contributed by atoms with Crippen LogP contribution in [0.3, 0.4) is 0 Å². The van der Waals surface area contributed by atoms with Crippen LogP contribution in [0.15, 0.2) is 30.6 Å². The highest BCUT2D eigenvalue weighted by atomic mass is 16.5. The predicted octanol–water partition coefficient (Wildman–Crippen LogP) is 2.67. The predicted molar refractivity (Wildman–Crippen MR) is 66.2 cm³/mol. The minimum Gasteiger partial charge on any atom is -0.507 e. The van der Waals surface area contributed by atoms with Crippen molar-refractivity contribution in [2.75, 3.05) is 7.11 Å². The number of phenolic OH excluding ortho intramolecular Hbond substituents is 1. The molecule has 0 aliphatic carbocycles.